The van der Waals surface area contributed by atoms with E-state index in [9.17, 15) is 9.18 Å². The Morgan fingerprint density at radius 2 is 1.95 bits per heavy atom. The van der Waals surface area contributed by atoms with Gasteiger partial charge in [-0.05, 0) is 48.7 Å². The van der Waals surface area contributed by atoms with Crippen molar-refractivity contribution >= 4 is 23.8 Å². The largest absolute Gasteiger partial charge is 0.478 e. The lowest BCUT2D eigenvalue weighted by atomic mass is 10.1. The number of halogens is 1. The highest BCUT2D eigenvalue weighted by Gasteiger charge is 2.08. The monoisotopic (exact) mass is 304 g/mol. The van der Waals surface area contributed by atoms with Gasteiger partial charge in [-0.2, -0.15) is 0 Å². The Bertz CT molecular complexity index is 666. The normalized spacial score (nSPS) is 10.8. The van der Waals surface area contributed by atoms with Crippen LogP contribution < -0.4 is 4.74 Å². The highest BCUT2D eigenvalue weighted by Crippen LogP contribution is 2.29. The van der Waals surface area contributed by atoms with Crippen LogP contribution in [0.1, 0.15) is 5.56 Å². The van der Waals surface area contributed by atoms with E-state index in [0.29, 0.717) is 5.75 Å². The Morgan fingerprint density at radius 3 is 2.57 bits per heavy atom. The first kappa shape index (κ1) is 15.1. The maximum Gasteiger partial charge on any atom is 0.328 e. The summed E-state index contributed by atoms with van der Waals surface area (Å²) in [5.41, 5.74) is 0.105. The van der Waals surface area contributed by atoms with Crippen LogP contribution in [-0.4, -0.2) is 17.3 Å². The molecule has 3 nitrogen and oxygen atoms in total. The number of rotatable bonds is 5. The smallest absolute Gasteiger partial charge is 0.328 e. The molecule has 0 aliphatic heterocycles. The zero-order valence-electron chi connectivity index (χ0n) is 11.2. The molecule has 0 aliphatic carbocycles. The molecule has 2 aromatic rings. The maximum absolute atomic E-state index is 13.8. The zero-order chi connectivity index (χ0) is 15.2. The molecule has 2 rings (SSSR count). The fourth-order valence-electron chi connectivity index (χ4n) is 1.69. The highest BCUT2D eigenvalue weighted by molar-refractivity contribution is 7.98. The van der Waals surface area contributed by atoms with Gasteiger partial charge in [0.15, 0.2) is 0 Å². The first-order valence-electron chi connectivity index (χ1n) is 6.11. The van der Waals surface area contributed by atoms with Gasteiger partial charge < -0.3 is 9.84 Å². The molecule has 0 heterocycles. The number of hydrogen-bond donors (Lipinski definition) is 1. The van der Waals surface area contributed by atoms with Crippen molar-refractivity contribution in [3.63, 3.8) is 0 Å². The molecule has 0 aliphatic rings. The summed E-state index contributed by atoms with van der Waals surface area (Å²) < 4.78 is 19.4. The molecule has 5 heteroatoms. The van der Waals surface area contributed by atoms with E-state index >= 15 is 0 Å². The highest BCUT2D eigenvalue weighted by atomic mass is 32.2. The molecule has 0 radical (unpaired) electrons. The van der Waals surface area contributed by atoms with Crippen molar-refractivity contribution in [3.05, 3.63) is 59.9 Å². The van der Waals surface area contributed by atoms with E-state index in [2.05, 4.69) is 0 Å². The minimum atomic E-state index is -1.14. The number of benzene rings is 2. The van der Waals surface area contributed by atoms with Gasteiger partial charge in [-0.25, -0.2) is 9.18 Å². The van der Waals surface area contributed by atoms with Gasteiger partial charge in [-0.1, -0.05) is 6.07 Å². The minimum absolute atomic E-state index is 0.105. The first-order chi connectivity index (χ1) is 10.1. The number of hydrogen-bond acceptors (Lipinski definition) is 3. The van der Waals surface area contributed by atoms with E-state index in [1.54, 1.807) is 30.0 Å². The molecular formula is C16H13FO3S. The summed E-state index contributed by atoms with van der Waals surface area (Å²) in [6, 6.07) is 11.7. The second-order valence-electron chi connectivity index (χ2n) is 4.10. The van der Waals surface area contributed by atoms with Crippen LogP contribution >= 0.6 is 11.8 Å². The predicted molar refractivity (Wildman–Crippen MR) is 81.4 cm³/mol. The topological polar surface area (TPSA) is 46.5 Å². The lowest BCUT2D eigenvalue weighted by Gasteiger charge is -2.10. The Labute approximate surface area is 126 Å². The van der Waals surface area contributed by atoms with Gasteiger partial charge in [0.1, 0.15) is 17.3 Å². The average molecular weight is 304 g/mol. The molecule has 0 aromatic heterocycles. The summed E-state index contributed by atoms with van der Waals surface area (Å²) in [6.07, 6.45) is 4.03. The zero-order valence-corrected chi connectivity index (χ0v) is 12.1. The second-order valence-corrected chi connectivity index (χ2v) is 4.98. The molecule has 0 atom stereocenters. The van der Waals surface area contributed by atoms with Crippen molar-refractivity contribution < 1.29 is 19.0 Å². The van der Waals surface area contributed by atoms with Crippen LogP contribution in [0.4, 0.5) is 4.39 Å². The molecule has 0 amide bonds. The van der Waals surface area contributed by atoms with Gasteiger partial charge in [-0.15, -0.1) is 11.8 Å². The summed E-state index contributed by atoms with van der Waals surface area (Å²) in [5, 5.41) is 8.65. The number of carboxylic acids is 1. The summed E-state index contributed by atoms with van der Waals surface area (Å²) in [6.45, 7) is 0. The van der Waals surface area contributed by atoms with E-state index in [1.165, 1.54) is 18.2 Å². The van der Waals surface area contributed by atoms with Crippen molar-refractivity contribution in [2.75, 3.05) is 6.26 Å². The van der Waals surface area contributed by atoms with Crippen molar-refractivity contribution in [2.45, 2.75) is 4.90 Å². The third-order valence-corrected chi connectivity index (χ3v) is 3.44. The van der Waals surface area contributed by atoms with Gasteiger partial charge in [0.2, 0.25) is 0 Å². The Balaban J connectivity index is 2.30. The van der Waals surface area contributed by atoms with Gasteiger partial charge in [0.05, 0.1) is 5.56 Å². The predicted octanol–water partition coefficient (Wildman–Crippen LogP) is 4.44. The molecule has 0 saturated heterocycles. The van der Waals surface area contributed by atoms with Crippen LogP contribution in [0.15, 0.2) is 53.4 Å². The molecular weight excluding hydrogens is 291 g/mol. The Morgan fingerprint density at radius 1 is 1.24 bits per heavy atom. The van der Waals surface area contributed by atoms with Crippen LogP contribution in [0.3, 0.4) is 0 Å². The van der Waals surface area contributed by atoms with Gasteiger partial charge in [-0.3, -0.25) is 0 Å². The molecule has 0 bridgehead atoms. The van der Waals surface area contributed by atoms with Crippen LogP contribution in [0.25, 0.3) is 6.08 Å². The van der Waals surface area contributed by atoms with Crippen molar-refractivity contribution in [3.8, 4) is 11.5 Å². The maximum atomic E-state index is 13.8. The number of ether oxygens (including phenoxy) is 1. The Hall–Kier alpha value is -2.27. The third kappa shape index (κ3) is 4.10. The second kappa shape index (κ2) is 6.95. The quantitative estimate of drug-likeness (QED) is 0.655. The van der Waals surface area contributed by atoms with Crippen LogP contribution in [0, 0.1) is 5.82 Å². The average Bonchev–Trinajstić information content (AvgIpc) is 2.47. The van der Waals surface area contributed by atoms with Gasteiger partial charge >= 0.3 is 5.97 Å². The summed E-state index contributed by atoms with van der Waals surface area (Å²) in [5.74, 6) is -0.855. The van der Waals surface area contributed by atoms with Crippen molar-refractivity contribution in [1.29, 1.82) is 0 Å². The van der Waals surface area contributed by atoms with E-state index in [0.717, 1.165) is 11.0 Å². The molecule has 21 heavy (non-hydrogen) atoms. The van der Waals surface area contributed by atoms with Gasteiger partial charge in [0.25, 0.3) is 0 Å². The fourth-order valence-corrected chi connectivity index (χ4v) is 2.10. The molecule has 0 fully saturated rings. The van der Waals surface area contributed by atoms with E-state index in [4.69, 9.17) is 9.84 Å². The summed E-state index contributed by atoms with van der Waals surface area (Å²) in [7, 11) is 0. The minimum Gasteiger partial charge on any atom is -0.478 e. The Kier molecular flexibility index (Phi) is 5.00. The van der Waals surface area contributed by atoms with Crippen LogP contribution in [0.5, 0.6) is 11.5 Å². The van der Waals surface area contributed by atoms with Crippen LogP contribution in [-0.2, 0) is 4.79 Å². The summed E-state index contributed by atoms with van der Waals surface area (Å²) in [4.78, 5) is 11.7. The molecule has 0 spiro atoms. The SMILES string of the molecule is CSc1ccc(Oc2cccc(F)c2/C=C/C(=O)O)cc1. The third-order valence-electron chi connectivity index (χ3n) is 2.69. The number of aliphatic carboxylic acids is 1. The first-order valence-corrected chi connectivity index (χ1v) is 7.34. The lowest BCUT2D eigenvalue weighted by Crippen LogP contribution is -1.92. The standard InChI is InChI=1S/C16H13FO3S/c1-21-12-7-5-11(6-8-12)20-15-4-2-3-14(17)13(15)9-10-16(18)19/h2-10H,1H3,(H,18,19)/b10-9+. The summed E-state index contributed by atoms with van der Waals surface area (Å²) >= 11 is 1.61. The number of carboxylic acid groups (broad SMARTS) is 1. The molecule has 1 N–H and O–H groups in total. The van der Waals surface area contributed by atoms with E-state index < -0.39 is 11.8 Å². The van der Waals surface area contributed by atoms with Crippen molar-refractivity contribution in [1.82, 2.24) is 0 Å². The molecule has 108 valence electrons. The fraction of sp³-hybridized carbons (Fsp3) is 0.0625. The van der Waals surface area contributed by atoms with Crippen molar-refractivity contribution in [2.24, 2.45) is 0 Å². The molecule has 0 unspecified atom stereocenters. The van der Waals surface area contributed by atoms with E-state index in [1.807, 2.05) is 18.4 Å². The van der Waals surface area contributed by atoms with Crippen LogP contribution in [0.2, 0.25) is 0 Å². The molecule has 0 saturated carbocycles. The van der Waals surface area contributed by atoms with Gasteiger partial charge in [0, 0.05) is 11.0 Å². The number of carbonyl (C=O) groups is 1. The molecule has 2 aromatic carbocycles. The number of thioether (sulfide) groups is 1. The van der Waals surface area contributed by atoms with E-state index in [-0.39, 0.29) is 11.3 Å². The lowest BCUT2D eigenvalue weighted by molar-refractivity contribution is -0.131.